The van der Waals surface area contributed by atoms with Crippen molar-refractivity contribution in [2.75, 3.05) is 13.1 Å². The predicted octanol–water partition coefficient (Wildman–Crippen LogP) is 3.85. The highest BCUT2D eigenvalue weighted by Crippen LogP contribution is 2.22. The lowest BCUT2D eigenvalue weighted by Gasteiger charge is -2.24. The van der Waals surface area contributed by atoms with Gasteiger partial charge in [-0.3, -0.25) is 4.90 Å². The molecule has 0 aliphatic heterocycles. The molecular formula is C13H18BrClN2S. The zero-order valence-electron chi connectivity index (χ0n) is 10.6. The summed E-state index contributed by atoms with van der Waals surface area (Å²) in [5.41, 5.74) is 6.78. The van der Waals surface area contributed by atoms with Gasteiger partial charge in [-0.25, -0.2) is 0 Å². The first-order valence-electron chi connectivity index (χ1n) is 5.89. The lowest BCUT2D eigenvalue weighted by atomic mass is 10.1. The molecular weight excluding hydrogens is 332 g/mol. The molecule has 1 unspecified atom stereocenters. The summed E-state index contributed by atoms with van der Waals surface area (Å²) in [4.78, 5) is 2.86. The Morgan fingerprint density at radius 1 is 1.56 bits per heavy atom. The Bertz CT molecular complexity index is 425. The summed E-state index contributed by atoms with van der Waals surface area (Å²) in [6.07, 6.45) is 0. The molecule has 1 aromatic rings. The molecule has 0 saturated carbocycles. The molecule has 1 rings (SSSR count). The Morgan fingerprint density at radius 2 is 2.22 bits per heavy atom. The van der Waals surface area contributed by atoms with Crippen LogP contribution in [-0.2, 0) is 6.54 Å². The Morgan fingerprint density at radius 3 is 2.72 bits per heavy atom. The van der Waals surface area contributed by atoms with Gasteiger partial charge in [0.05, 0.1) is 4.99 Å². The van der Waals surface area contributed by atoms with E-state index >= 15 is 0 Å². The molecule has 0 amide bonds. The second kappa shape index (κ2) is 7.43. The van der Waals surface area contributed by atoms with Crippen molar-refractivity contribution in [3.63, 3.8) is 0 Å². The fourth-order valence-corrected chi connectivity index (χ4v) is 2.48. The molecule has 0 spiro atoms. The van der Waals surface area contributed by atoms with Crippen molar-refractivity contribution in [3.05, 3.63) is 33.3 Å². The van der Waals surface area contributed by atoms with Crippen LogP contribution in [0.2, 0.25) is 5.02 Å². The molecule has 0 heterocycles. The third kappa shape index (κ3) is 4.84. The highest BCUT2D eigenvalue weighted by atomic mass is 79.9. The minimum Gasteiger partial charge on any atom is -0.393 e. The molecule has 0 radical (unpaired) electrons. The lowest BCUT2D eigenvalue weighted by Crippen LogP contribution is -2.33. The van der Waals surface area contributed by atoms with Crippen LogP contribution in [0.3, 0.4) is 0 Å². The molecule has 0 aliphatic rings. The number of halogens is 2. The van der Waals surface area contributed by atoms with Gasteiger partial charge >= 0.3 is 0 Å². The first-order chi connectivity index (χ1) is 8.43. The second-order valence-electron chi connectivity index (χ2n) is 4.37. The highest BCUT2D eigenvalue weighted by molar-refractivity contribution is 9.10. The third-order valence-electron chi connectivity index (χ3n) is 2.87. The standard InChI is InChI=1S/C13H18BrClN2S/c1-3-17(7-9(2)13(16)18)8-10-4-5-11(14)6-12(10)15/h4-6,9H,3,7-8H2,1-2H3,(H2,16,18). The smallest absolute Gasteiger partial charge is 0.0768 e. The summed E-state index contributed by atoms with van der Waals surface area (Å²) in [7, 11) is 0. The van der Waals surface area contributed by atoms with E-state index in [1.807, 2.05) is 25.1 Å². The molecule has 1 atom stereocenters. The van der Waals surface area contributed by atoms with Gasteiger partial charge in [0.2, 0.25) is 0 Å². The van der Waals surface area contributed by atoms with E-state index in [2.05, 4.69) is 27.8 Å². The van der Waals surface area contributed by atoms with Gasteiger partial charge in [-0.1, -0.05) is 59.7 Å². The van der Waals surface area contributed by atoms with Crippen LogP contribution in [0, 0.1) is 5.92 Å². The van der Waals surface area contributed by atoms with Crippen LogP contribution in [0.4, 0.5) is 0 Å². The number of thiocarbonyl (C=S) groups is 1. The van der Waals surface area contributed by atoms with Crippen LogP contribution >= 0.6 is 39.7 Å². The van der Waals surface area contributed by atoms with Crippen molar-refractivity contribution in [2.45, 2.75) is 20.4 Å². The third-order valence-corrected chi connectivity index (χ3v) is 4.12. The van der Waals surface area contributed by atoms with Crippen LogP contribution in [-0.4, -0.2) is 23.0 Å². The minimum atomic E-state index is 0.217. The van der Waals surface area contributed by atoms with Crippen molar-refractivity contribution in [3.8, 4) is 0 Å². The van der Waals surface area contributed by atoms with Gasteiger partial charge in [0.1, 0.15) is 0 Å². The number of nitrogens with two attached hydrogens (primary N) is 1. The molecule has 5 heteroatoms. The molecule has 0 fully saturated rings. The van der Waals surface area contributed by atoms with Crippen LogP contribution in [0.15, 0.2) is 22.7 Å². The van der Waals surface area contributed by atoms with E-state index < -0.39 is 0 Å². The minimum absolute atomic E-state index is 0.217. The fourth-order valence-electron chi connectivity index (χ4n) is 1.67. The Hall–Kier alpha value is -0.160. The average molecular weight is 350 g/mol. The molecule has 0 aromatic heterocycles. The SMILES string of the molecule is CCN(Cc1ccc(Br)cc1Cl)CC(C)C(N)=S. The van der Waals surface area contributed by atoms with Crippen molar-refractivity contribution >= 4 is 44.7 Å². The predicted molar refractivity (Wildman–Crippen MR) is 86.1 cm³/mol. The van der Waals surface area contributed by atoms with Gasteiger partial charge in [0.25, 0.3) is 0 Å². The molecule has 18 heavy (non-hydrogen) atoms. The highest BCUT2D eigenvalue weighted by Gasteiger charge is 2.12. The quantitative estimate of drug-likeness (QED) is 0.791. The lowest BCUT2D eigenvalue weighted by molar-refractivity contribution is 0.264. The maximum absolute atomic E-state index is 6.22. The van der Waals surface area contributed by atoms with Gasteiger partial charge in [0.15, 0.2) is 0 Å². The van der Waals surface area contributed by atoms with Gasteiger partial charge in [0, 0.05) is 28.5 Å². The maximum Gasteiger partial charge on any atom is 0.0768 e. The Kier molecular flexibility index (Phi) is 6.57. The summed E-state index contributed by atoms with van der Waals surface area (Å²) in [6.45, 7) is 6.79. The molecule has 1 aromatic carbocycles. The summed E-state index contributed by atoms with van der Waals surface area (Å²) in [5.74, 6) is 0.217. The van der Waals surface area contributed by atoms with Gasteiger partial charge in [-0.15, -0.1) is 0 Å². The summed E-state index contributed by atoms with van der Waals surface area (Å²) >= 11 is 14.6. The van der Waals surface area contributed by atoms with Crippen molar-refractivity contribution in [2.24, 2.45) is 11.7 Å². The largest absolute Gasteiger partial charge is 0.393 e. The molecule has 2 N–H and O–H groups in total. The average Bonchev–Trinajstić information content (AvgIpc) is 2.31. The monoisotopic (exact) mass is 348 g/mol. The normalized spacial score (nSPS) is 12.7. The first-order valence-corrected chi connectivity index (χ1v) is 7.47. The van der Waals surface area contributed by atoms with Crippen LogP contribution < -0.4 is 5.73 Å². The van der Waals surface area contributed by atoms with Crippen LogP contribution in [0.1, 0.15) is 19.4 Å². The number of rotatable bonds is 6. The zero-order valence-corrected chi connectivity index (χ0v) is 13.8. The van der Waals surface area contributed by atoms with E-state index in [1.165, 1.54) is 0 Å². The van der Waals surface area contributed by atoms with E-state index in [1.54, 1.807) is 0 Å². The van der Waals surface area contributed by atoms with Crippen molar-refractivity contribution < 1.29 is 0 Å². The number of hydrogen-bond donors (Lipinski definition) is 1. The van der Waals surface area contributed by atoms with E-state index in [0.717, 1.165) is 34.7 Å². The number of benzene rings is 1. The number of nitrogens with zero attached hydrogens (tertiary/aromatic N) is 1. The van der Waals surface area contributed by atoms with E-state index in [0.29, 0.717) is 4.99 Å². The maximum atomic E-state index is 6.22. The molecule has 0 bridgehead atoms. The van der Waals surface area contributed by atoms with Crippen LogP contribution in [0.25, 0.3) is 0 Å². The molecule has 0 saturated heterocycles. The van der Waals surface area contributed by atoms with E-state index in [-0.39, 0.29) is 5.92 Å². The second-order valence-corrected chi connectivity index (χ2v) is 6.16. The first kappa shape index (κ1) is 15.9. The van der Waals surface area contributed by atoms with Crippen molar-refractivity contribution in [1.29, 1.82) is 0 Å². The summed E-state index contributed by atoms with van der Waals surface area (Å²) in [5, 5.41) is 0.783. The molecule has 0 aliphatic carbocycles. The Balaban J connectivity index is 2.70. The zero-order chi connectivity index (χ0) is 13.7. The van der Waals surface area contributed by atoms with Crippen LogP contribution in [0.5, 0.6) is 0 Å². The number of hydrogen-bond acceptors (Lipinski definition) is 2. The Labute approximate surface area is 128 Å². The topological polar surface area (TPSA) is 29.3 Å². The van der Waals surface area contributed by atoms with E-state index in [4.69, 9.17) is 29.6 Å². The summed E-state index contributed by atoms with van der Waals surface area (Å²) in [6, 6.07) is 5.97. The van der Waals surface area contributed by atoms with Gasteiger partial charge < -0.3 is 5.73 Å². The fraction of sp³-hybridized carbons (Fsp3) is 0.462. The summed E-state index contributed by atoms with van der Waals surface area (Å²) < 4.78 is 0.996. The van der Waals surface area contributed by atoms with Gasteiger partial charge in [-0.2, -0.15) is 0 Å². The van der Waals surface area contributed by atoms with Gasteiger partial charge in [-0.05, 0) is 24.2 Å². The molecule has 100 valence electrons. The van der Waals surface area contributed by atoms with E-state index in [9.17, 15) is 0 Å². The van der Waals surface area contributed by atoms with Crippen molar-refractivity contribution in [1.82, 2.24) is 4.90 Å². The molecule has 2 nitrogen and oxygen atoms in total.